The summed E-state index contributed by atoms with van der Waals surface area (Å²) in [5, 5.41) is 8.13. The summed E-state index contributed by atoms with van der Waals surface area (Å²) in [5.41, 5.74) is 0.269. The first-order valence-electron chi connectivity index (χ1n) is 7.28. The Labute approximate surface area is 146 Å². The molecule has 2 amide bonds. The Morgan fingerprint density at radius 3 is 2.62 bits per heavy atom. The van der Waals surface area contributed by atoms with Gasteiger partial charge in [-0.05, 0) is 30.3 Å². The molecule has 2 aliphatic rings. The molecule has 2 aromatic carbocycles. The number of hydrogen-bond acceptors (Lipinski definition) is 4. The summed E-state index contributed by atoms with van der Waals surface area (Å²) in [4.78, 5) is 24.8. The predicted octanol–water partition coefficient (Wildman–Crippen LogP) is 2.79. The molecule has 0 aromatic heterocycles. The number of nitrogens with one attached hydrogen (secondary N) is 1. The fourth-order valence-electron chi connectivity index (χ4n) is 2.89. The Kier molecular flexibility index (Phi) is 3.21. The van der Waals surface area contributed by atoms with Gasteiger partial charge in [0.1, 0.15) is 0 Å². The SMILES string of the molecule is CC(=O)N1N=C(c2ccc(Br)cc2)OC12C(=O)Nc1ccccc12. The van der Waals surface area contributed by atoms with Gasteiger partial charge in [0.15, 0.2) is 0 Å². The summed E-state index contributed by atoms with van der Waals surface area (Å²) in [6.45, 7) is 1.35. The minimum Gasteiger partial charge on any atom is -0.433 e. The van der Waals surface area contributed by atoms with Crippen molar-refractivity contribution in [3.63, 3.8) is 0 Å². The van der Waals surface area contributed by atoms with E-state index in [9.17, 15) is 9.59 Å². The highest BCUT2D eigenvalue weighted by Gasteiger charge is 2.59. The van der Waals surface area contributed by atoms with Gasteiger partial charge in [-0.1, -0.05) is 34.1 Å². The zero-order chi connectivity index (χ0) is 16.9. The van der Waals surface area contributed by atoms with Crippen molar-refractivity contribution in [3.8, 4) is 0 Å². The second kappa shape index (κ2) is 5.17. The number of rotatable bonds is 1. The fourth-order valence-corrected chi connectivity index (χ4v) is 3.16. The molecule has 6 nitrogen and oxygen atoms in total. The molecule has 1 unspecified atom stereocenters. The molecule has 120 valence electrons. The van der Waals surface area contributed by atoms with Crippen molar-refractivity contribution in [2.45, 2.75) is 12.6 Å². The highest BCUT2D eigenvalue weighted by atomic mass is 79.9. The summed E-state index contributed by atoms with van der Waals surface area (Å²) in [5.74, 6) is -0.590. The smallest absolute Gasteiger partial charge is 0.314 e. The van der Waals surface area contributed by atoms with Crippen molar-refractivity contribution in [1.29, 1.82) is 0 Å². The van der Waals surface area contributed by atoms with E-state index in [4.69, 9.17) is 4.74 Å². The van der Waals surface area contributed by atoms with Gasteiger partial charge in [-0.25, -0.2) is 0 Å². The van der Waals surface area contributed by atoms with Gasteiger partial charge in [0.05, 0.1) is 11.3 Å². The third-order valence-corrected chi connectivity index (χ3v) is 4.50. The van der Waals surface area contributed by atoms with Gasteiger partial charge in [-0.15, -0.1) is 5.10 Å². The summed E-state index contributed by atoms with van der Waals surface area (Å²) < 4.78 is 6.89. The van der Waals surface area contributed by atoms with Crippen LogP contribution in [0.1, 0.15) is 18.1 Å². The molecule has 0 radical (unpaired) electrons. The number of carbonyl (C=O) groups is 2. The number of hydrazone groups is 1. The summed E-state index contributed by atoms with van der Waals surface area (Å²) >= 11 is 3.37. The van der Waals surface area contributed by atoms with E-state index in [1.807, 2.05) is 18.2 Å². The van der Waals surface area contributed by atoms with Crippen LogP contribution in [0.3, 0.4) is 0 Å². The minimum absolute atomic E-state index is 0.226. The topological polar surface area (TPSA) is 71.0 Å². The number of para-hydroxylation sites is 1. The van der Waals surface area contributed by atoms with Crippen LogP contribution in [-0.4, -0.2) is 22.7 Å². The van der Waals surface area contributed by atoms with E-state index < -0.39 is 11.6 Å². The zero-order valence-electron chi connectivity index (χ0n) is 12.6. The third kappa shape index (κ3) is 1.98. The molecule has 0 saturated carbocycles. The maximum Gasteiger partial charge on any atom is 0.314 e. The van der Waals surface area contributed by atoms with E-state index in [2.05, 4.69) is 26.3 Å². The van der Waals surface area contributed by atoms with E-state index in [0.717, 1.165) is 9.48 Å². The normalized spacial score (nSPS) is 21.3. The minimum atomic E-state index is -1.59. The van der Waals surface area contributed by atoms with E-state index in [1.165, 1.54) is 6.92 Å². The number of hydrogen-bond donors (Lipinski definition) is 1. The van der Waals surface area contributed by atoms with E-state index >= 15 is 0 Å². The Morgan fingerprint density at radius 1 is 1.21 bits per heavy atom. The van der Waals surface area contributed by atoms with Crippen LogP contribution in [0, 0.1) is 0 Å². The first-order valence-corrected chi connectivity index (χ1v) is 8.07. The lowest BCUT2D eigenvalue weighted by Gasteiger charge is -2.28. The number of amides is 2. The molecule has 4 rings (SSSR count). The number of ether oxygens (including phenoxy) is 1. The number of anilines is 1. The number of benzene rings is 2. The van der Waals surface area contributed by atoms with Crippen LogP contribution >= 0.6 is 15.9 Å². The lowest BCUT2D eigenvalue weighted by molar-refractivity contribution is -0.160. The standard InChI is InChI=1S/C17H12BrN3O3/c1-10(22)21-17(13-4-2-3-5-14(13)19-16(17)23)24-15(20-21)11-6-8-12(18)9-7-11/h2-9H,1H3,(H,19,23). The molecule has 1 spiro atoms. The molecule has 0 aliphatic carbocycles. The largest absolute Gasteiger partial charge is 0.433 e. The van der Waals surface area contributed by atoms with Crippen molar-refractivity contribution >= 4 is 39.3 Å². The summed E-state index contributed by atoms with van der Waals surface area (Å²) in [7, 11) is 0. The fraction of sp³-hybridized carbons (Fsp3) is 0.118. The van der Waals surface area contributed by atoms with Crippen LogP contribution in [0.25, 0.3) is 0 Å². The van der Waals surface area contributed by atoms with Crippen LogP contribution in [0.4, 0.5) is 5.69 Å². The molecule has 0 saturated heterocycles. The quantitative estimate of drug-likeness (QED) is 0.820. The Morgan fingerprint density at radius 2 is 1.92 bits per heavy atom. The van der Waals surface area contributed by atoms with Crippen LogP contribution in [0.5, 0.6) is 0 Å². The van der Waals surface area contributed by atoms with E-state index in [0.29, 0.717) is 16.8 Å². The highest BCUT2D eigenvalue weighted by molar-refractivity contribution is 9.10. The second-order valence-electron chi connectivity index (χ2n) is 5.49. The predicted molar refractivity (Wildman–Crippen MR) is 91.0 cm³/mol. The zero-order valence-corrected chi connectivity index (χ0v) is 14.2. The monoisotopic (exact) mass is 385 g/mol. The van der Waals surface area contributed by atoms with Crippen LogP contribution in [-0.2, 0) is 20.1 Å². The number of carbonyl (C=O) groups excluding carboxylic acids is 2. The van der Waals surface area contributed by atoms with E-state index in [-0.39, 0.29) is 11.8 Å². The van der Waals surface area contributed by atoms with E-state index in [1.54, 1.807) is 30.3 Å². The lowest BCUT2D eigenvalue weighted by Crippen LogP contribution is -2.49. The van der Waals surface area contributed by atoms with Gasteiger partial charge in [0.2, 0.25) is 11.8 Å². The number of halogens is 1. The van der Waals surface area contributed by atoms with Gasteiger partial charge >= 0.3 is 5.72 Å². The summed E-state index contributed by atoms with van der Waals surface area (Å²) in [6.07, 6.45) is 0. The van der Waals surface area contributed by atoms with Gasteiger partial charge in [0, 0.05) is 17.0 Å². The molecule has 2 aromatic rings. The maximum absolute atomic E-state index is 12.7. The summed E-state index contributed by atoms with van der Waals surface area (Å²) in [6, 6.07) is 14.4. The van der Waals surface area contributed by atoms with Crippen LogP contribution < -0.4 is 5.32 Å². The van der Waals surface area contributed by atoms with Crippen LogP contribution in [0.2, 0.25) is 0 Å². The molecule has 0 fully saturated rings. The van der Waals surface area contributed by atoms with Crippen molar-refractivity contribution in [3.05, 3.63) is 64.1 Å². The third-order valence-electron chi connectivity index (χ3n) is 3.97. The number of nitrogens with zero attached hydrogens (tertiary/aromatic N) is 2. The molecule has 24 heavy (non-hydrogen) atoms. The van der Waals surface area contributed by atoms with Crippen molar-refractivity contribution in [1.82, 2.24) is 5.01 Å². The van der Waals surface area contributed by atoms with Crippen molar-refractivity contribution < 1.29 is 14.3 Å². The van der Waals surface area contributed by atoms with Gasteiger partial charge in [0.25, 0.3) is 5.91 Å². The van der Waals surface area contributed by atoms with Gasteiger partial charge in [-0.2, -0.15) is 5.01 Å². The molecule has 0 bridgehead atoms. The van der Waals surface area contributed by atoms with Crippen molar-refractivity contribution in [2.24, 2.45) is 5.10 Å². The second-order valence-corrected chi connectivity index (χ2v) is 6.40. The average Bonchev–Trinajstić information content (AvgIpc) is 3.09. The molecular formula is C17H12BrN3O3. The van der Waals surface area contributed by atoms with Gasteiger partial charge < -0.3 is 10.1 Å². The lowest BCUT2D eigenvalue weighted by atomic mass is 10.0. The molecule has 2 heterocycles. The Hall–Kier alpha value is -2.67. The van der Waals surface area contributed by atoms with Crippen molar-refractivity contribution in [2.75, 3.05) is 5.32 Å². The first-order chi connectivity index (χ1) is 11.5. The number of fused-ring (bicyclic) bond motifs is 2. The van der Waals surface area contributed by atoms with Gasteiger partial charge in [-0.3, -0.25) is 9.59 Å². The molecule has 2 aliphatic heterocycles. The molecule has 1 atom stereocenters. The Balaban J connectivity index is 1.85. The average molecular weight is 386 g/mol. The Bertz CT molecular complexity index is 894. The molecule has 7 heteroatoms. The molecular weight excluding hydrogens is 374 g/mol. The maximum atomic E-state index is 12.7. The van der Waals surface area contributed by atoms with Crippen LogP contribution in [0.15, 0.2) is 58.1 Å². The highest BCUT2D eigenvalue weighted by Crippen LogP contribution is 2.45. The first kappa shape index (κ1) is 14.9. The molecule has 1 N–H and O–H groups in total.